The van der Waals surface area contributed by atoms with E-state index < -0.39 is 0 Å². The third-order valence-electron chi connectivity index (χ3n) is 13.6. The van der Waals surface area contributed by atoms with Crippen molar-refractivity contribution in [2.45, 2.75) is 408 Å². The fraction of sp³-hybridized carbons (Fsp3) is 0.656. The van der Waals surface area contributed by atoms with Crippen LogP contribution in [0.5, 0.6) is 0 Å². The predicted molar refractivity (Wildman–Crippen MR) is 522 cm³/mol. The number of allylic oxidation sites excluding steroid dienone is 1. The van der Waals surface area contributed by atoms with Gasteiger partial charge in [-0.25, -0.2) is 9.36 Å². The van der Waals surface area contributed by atoms with E-state index in [1.54, 1.807) is 40.9 Å². The van der Waals surface area contributed by atoms with E-state index in [0.717, 1.165) is 17.9 Å². The van der Waals surface area contributed by atoms with E-state index in [4.69, 9.17) is 0 Å². The van der Waals surface area contributed by atoms with Gasteiger partial charge in [-0.1, -0.05) is 323 Å². The van der Waals surface area contributed by atoms with Gasteiger partial charge in [0.25, 0.3) is 0 Å². The van der Waals surface area contributed by atoms with Crippen LogP contribution in [0, 0.1) is 6.92 Å². The highest BCUT2D eigenvalue weighted by molar-refractivity contribution is 7.09. The molecule has 8 aromatic heterocycles. The Labute approximate surface area is 725 Å². The van der Waals surface area contributed by atoms with Gasteiger partial charge in [0.05, 0.1) is 46.9 Å². The molecule has 115 heavy (non-hydrogen) atoms. The van der Waals surface area contributed by atoms with Gasteiger partial charge in [0.2, 0.25) is 0 Å². The number of pyridine rings is 1. The van der Waals surface area contributed by atoms with Crippen LogP contribution < -0.4 is 0 Å². The quantitative estimate of drug-likeness (QED) is 0.147. The Hall–Kier alpha value is -6.83. The molecule has 0 saturated carbocycles. The number of H-pyrrole nitrogens is 2. The molecule has 0 amide bonds. The van der Waals surface area contributed by atoms with Crippen molar-refractivity contribution < 1.29 is 0 Å². The molecule has 2 aliphatic rings. The molecule has 0 spiro atoms. The van der Waals surface area contributed by atoms with E-state index in [2.05, 4.69) is 293 Å². The molecule has 9 aromatic rings. The second-order valence-corrected chi connectivity index (χ2v) is 34.0. The van der Waals surface area contributed by atoms with Crippen molar-refractivity contribution in [3.63, 3.8) is 0 Å². The molecule has 0 atom stereocenters. The fourth-order valence-electron chi connectivity index (χ4n) is 7.75. The number of aliphatic imine (C=N–C) groups is 1. The molecule has 2 N–H and O–H groups in total. The first-order chi connectivity index (χ1) is 53.8. The number of hydrogen-bond donors (Lipinski definition) is 2. The number of hydrogen-bond acceptors (Lipinski definition) is 15. The fourth-order valence-corrected chi connectivity index (χ4v) is 9.92. The normalized spacial score (nSPS) is 11.2. The van der Waals surface area contributed by atoms with Gasteiger partial charge in [0.15, 0.2) is 0 Å². The zero-order valence-corrected chi connectivity index (χ0v) is 86.6. The maximum atomic E-state index is 4.35. The number of aromatic amines is 2. The van der Waals surface area contributed by atoms with Crippen LogP contribution in [-0.4, -0.2) is 98.8 Å². The van der Waals surface area contributed by atoms with Crippen molar-refractivity contribution in [1.29, 1.82) is 0 Å². The first-order valence-electron chi connectivity index (χ1n) is 43.2. The number of thiazole rings is 1. The SMILES string of the molecule is CC.CC.CC.CC.CC.CC.CC.CC.CC.CC.CC.CC(C)(C)N1CCCC2=C1CN=C2.CC(C)(C)c1ccccn1.CC(C)(C)c1ccn[nH]1.CC(C)(C)c1cn[nH]c1.CC(C)(C)c1cnsc1.CC(C)(C)c1csnn1.CC(C)(C)c1nccs1.CC(C)(C)n1cccn1.CC(C)(C)n1nccn1.Cc1ccccc1. The zero-order valence-electron chi connectivity index (χ0n) is 84.2. The summed E-state index contributed by atoms with van der Waals surface area (Å²) in [5, 5.41) is 36.8. The first kappa shape index (κ1) is 129. The van der Waals surface area contributed by atoms with Crippen LogP contribution in [0.3, 0.4) is 0 Å². The number of aryl methyl sites for hydroxylation is 1. The molecule has 11 rings (SSSR count). The summed E-state index contributed by atoms with van der Waals surface area (Å²) in [4.78, 5) is 17.0. The second-order valence-electron chi connectivity index (χ2n) is 31.8. The molecule has 0 aliphatic carbocycles. The van der Waals surface area contributed by atoms with Crippen molar-refractivity contribution in [2.75, 3.05) is 13.1 Å². The van der Waals surface area contributed by atoms with Gasteiger partial charge in [0, 0.05) is 117 Å². The lowest BCUT2D eigenvalue weighted by Gasteiger charge is -2.41. The summed E-state index contributed by atoms with van der Waals surface area (Å²) in [6, 6.07) is 20.2. The van der Waals surface area contributed by atoms with Crippen LogP contribution >= 0.6 is 34.4 Å². The zero-order chi connectivity index (χ0) is 92.5. The van der Waals surface area contributed by atoms with Gasteiger partial charge in [-0.3, -0.25) is 24.9 Å². The van der Waals surface area contributed by atoms with E-state index in [9.17, 15) is 0 Å². The number of rotatable bonds is 0. The molecular formula is C96H184N16S3. The molecule has 0 bridgehead atoms. The minimum absolute atomic E-state index is 0.0174. The lowest BCUT2D eigenvalue weighted by molar-refractivity contribution is 0.172. The largest absolute Gasteiger partial charge is 0.368 e. The predicted octanol–water partition coefficient (Wildman–Crippen LogP) is 30.7. The van der Waals surface area contributed by atoms with E-state index in [1.807, 2.05) is 247 Å². The standard InChI is InChI=1S/C11H18N2.C9H13N.3C7H12N2.2C7H11NS.C7H8.C6H11N3.C6H10N2S.11C2H6/c1-11(2,3)13-6-4-5-9-7-12-8-10(9)13;1-9(2,3)8-6-4-5-7-10-8;1-7(2,3)6-4-8-9-5-6;1-7(2,3)9-6-4-5-8-9;1-7(2,3)6-4-5-8-9-6;1-7(2,3)6-4-8-9-5-6;1-7(2,3)6-8-4-5-9-6;1-7-5-3-2-4-6-7;1-6(2,3)9-7-4-5-8-9;1-6(2,3)5-4-9-8-7-5;11*1-2/h7H,4-6,8H2,1-3H3;4-7H,1-3H3;4-5H,1-3H3,(H,8,9);4-6H,1-3H3;4-5H,1-3H3,(H,8,9);2*4-5H,1-3H3;2-6H,1H3;4-5H,1-3H3;4H,1-3H3;11*1-2H3. The second kappa shape index (κ2) is 74.7. The molecular weight excluding hydrogens is 1470 g/mol. The molecule has 0 unspecified atom stereocenters. The van der Waals surface area contributed by atoms with Crippen LogP contribution in [0.4, 0.5) is 0 Å². The summed E-state index contributed by atoms with van der Waals surface area (Å²) < 4.78 is 9.75. The van der Waals surface area contributed by atoms with Crippen molar-refractivity contribution >= 4 is 40.6 Å². The van der Waals surface area contributed by atoms with Crippen molar-refractivity contribution in [2.24, 2.45) is 4.99 Å². The molecule has 666 valence electrons. The molecule has 0 saturated heterocycles. The number of nitrogens with one attached hydrogen (secondary N) is 2. The van der Waals surface area contributed by atoms with Crippen molar-refractivity contribution in [3.05, 3.63) is 189 Å². The number of nitrogens with zero attached hydrogens (tertiary/aromatic N) is 14. The molecule has 2 aliphatic heterocycles. The summed E-state index contributed by atoms with van der Waals surface area (Å²) in [6.07, 6.45) is 22.9. The van der Waals surface area contributed by atoms with E-state index in [0.29, 0.717) is 0 Å². The summed E-state index contributed by atoms with van der Waals surface area (Å²) in [6.45, 7) is 107. The van der Waals surface area contributed by atoms with Gasteiger partial charge >= 0.3 is 0 Å². The molecule has 0 fully saturated rings. The van der Waals surface area contributed by atoms with Crippen molar-refractivity contribution in [3.8, 4) is 0 Å². The lowest BCUT2D eigenvalue weighted by atomic mass is 9.90. The van der Waals surface area contributed by atoms with Gasteiger partial charge < -0.3 is 4.90 Å². The summed E-state index contributed by atoms with van der Waals surface area (Å²) >= 11 is 4.64. The van der Waals surface area contributed by atoms with Gasteiger partial charge in [0.1, 0.15) is 0 Å². The average molecular weight is 1660 g/mol. The van der Waals surface area contributed by atoms with Crippen LogP contribution in [0.25, 0.3) is 0 Å². The van der Waals surface area contributed by atoms with Gasteiger partial charge in [-0.2, -0.15) is 30.3 Å². The summed E-state index contributed by atoms with van der Waals surface area (Å²) in [7, 11) is 0. The third kappa shape index (κ3) is 67.9. The molecule has 19 heteroatoms. The Morgan fingerprint density at radius 1 is 0.417 bits per heavy atom. The van der Waals surface area contributed by atoms with E-state index in [-0.39, 0.29) is 49.1 Å². The third-order valence-corrected chi connectivity index (χ3v) is 15.9. The lowest BCUT2D eigenvalue weighted by Crippen LogP contribution is -2.43. The molecule has 16 nitrogen and oxygen atoms in total. The minimum atomic E-state index is 0.0174. The summed E-state index contributed by atoms with van der Waals surface area (Å²) in [5.74, 6) is 0. The van der Waals surface area contributed by atoms with Crippen LogP contribution in [0.15, 0.2) is 155 Å². The van der Waals surface area contributed by atoms with Gasteiger partial charge in [-0.05, 0) is 157 Å². The Kier molecular flexibility index (Phi) is 83.7. The average Bonchev–Trinajstić information content (AvgIpc) is 1.72. The van der Waals surface area contributed by atoms with E-state index >= 15 is 0 Å². The minimum Gasteiger partial charge on any atom is -0.368 e. The van der Waals surface area contributed by atoms with Crippen LogP contribution in [0.1, 0.15) is 391 Å². The van der Waals surface area contributed by atoms with Crippen LogP contribution in [-0.2, 0) is 43.6 Å². The van der Waals surface area contributed by atoms with Gasteiger partial charge in [-0.15, -0.1) is 16.4 Å². The highest BCUT2D eigenvalue weighted by Gasteiger charge is 2.29. The molecule has 1 aromatic carbocycles. The Morgan fingerprint density at radius 3 is 1.17 bits per heavy atom. The Balaban J connectivity index is -0.000000130. The number of aromatic nitrogens is 14. The Bertz CT molecular complexity index is 2880. The topological polar surface area (TPSA) is 186 Å². The maximum absolute atomic E-state index is 4.35. The first-order valence-corrected chi connectivity index (χ1v) is 45.7. The number of benzene rings is 1. The summed E-state index contributed by atoms with van der Waals surface area (Å²) in [5.41, 5.74) is 11.9. The van der Waals surface area contributed by atoms with E-state index in [1.165, 1.54) is 81.1 Å². The highest BCUT2D eigenvalue weighted by Crippen LogP contribution is 2.31. The highest BCUT2D eigenvalue weighted by atomic mass is 32.1. The monoisotopic (exact) mass is 1660 g/mol. The molecule has 0 radical (unpaired) electrons. The molecule has 10 heterocycles. The smallest absolute Gasteiger partial charge is 0.0978 e. The Morgan fingerprint density at radius 2 is 0.922 bits per heavy atom. The van der Waals surface area contributed by atoms with Crippen molar-refractivity contribution in [1.82, 2.24) is 74.0 Å². The van der Waals surface area contributed by atoms with Crippen LogP contribution in [0.2, 0.25) is 0 Å². The maximum Gasteiger partial charge on any atom is 0.0978 e.